The molecule has 0 spiro atoms. The van der Waals surface area contributed by atoms with Crippen LogP contribution in [0.5, 0.6) is 0 Å². The molecule has 2 heteroatoms. The Morgan fingerprint density at radius 1 is 1.47 bits per heavy atom. The molecular formula is C13H25N2. The number of piperidine rings is 2. The Morgan fingerprint density at radius 3 is 3.07 bits per heavy atom. The highest BCUT2D eigenvalue weighted by Gasteiger charge is 2.31. The molecule has 0 amide bonds. The predicted octanol–water partition coefficient (Wildman–Crippen LogP) is 2.02. The van der Waals surface area contributed by atoms with Crippen molar-refractivity contribution in [2.45, 2.75) is 39.0 Å². The van der Waals surface area contributed by atoms with E-state index < -0.39 is 19.1 Å². The number of likely N-dealkylation sites (N-methyl/N-ethyl adjacent to an activating group) is 1. The standard InChI is InChI=1S/C13H25N2/c1-13(2)7-5-9-15(11-13)12-6-4-8-14(3)10-12/h5,12H,4,6-11H2,1-3H3/i1D3,2D3. The second-order valence-electron chi connectivity index (χ2n) is 5.06. The zero-order valence-electron chi connectivity index (χ0n) is 15.5. The number of likely N-dealkylation sites (tertiary alicyclic amines) is 2. The van der Waals surface area contributed by atoms with Crippen molar-refractivity contribution in [2.24, 2.45) is 5.41 Å². The van der Waals surface area contributed by atoms with Crippen LogP contribution in [0.4, 0.5) is 0 Å². The molecule has 0 aromatic carbocycles. The van der Waals surface area contributed by atoms with Gasteiger partial charge in [0.1, 0.15) is 0 Å². The van der Waals surface area contributed by atoms with Gasteiger partial charge in [-0.15, -0.1) is 0 Å². The first kappa shape index (κ1) is 6.02. The monoisotopic (exact) mass is 215 g/mol. The quantitative estimate of drug-likeness (QED) is 0.660. The summed E-state index contributed by atoms with van der Waals surface area (Å²) in [5.74, 6) is 0. The molecule has 2 aliphatic heterocycles. The molecule has 0 aromatic heterocycles. The van der Waals surface area contributed by atoms with Crippen LogP contribution in [0.25, 0.3) is 0 Å². The first-order valence-electron chi connectivity index (χ1n) is 8.81. The number of hydrogen-bond acceptors (Lipinski definition) is 2. The Morgan fingerprint density at radius 2 is 2.33 bits per heavy atom. The summed E-state index contributed by atoms with van der Waals surface area (Å²) in [5.41, 5.74) is -1.63. The molecule has 2 aliphatic rings. The summed E-state index contributed by atoms with van der Waals surface area (Å²) in [6, 6.07) is 0.254. The third-order valence-corrected chi connectivity index (χ3v) is 3.45. The maximum atomic E-state index is 7.79. The van der Waals surface area contributed by atoms with Gasteiger partial charge in [-0.2, -0.15) is 0 Å². The highest BCUT2D eigenvalue weighted by molar-refractivity contribution is 4.93. The SMILES string of the molecule is [2H]C([2H])([2H])C1(C([2H])([2H])[2H])C[CH]CN(C2CCCN(C)C2)C1. The van der Waals surface area contributed by atoms with Gasteiger partial charge in [0.05, 0.1) is 0 Å². The molecular weight excluding hydrogens is 184 g/mol. The van der Waals surface area contributed by atoms with E-state index in [1.807, 2.05) is 6.42 Å². The maximum absolute atomic E-state index is 7.79. The lowest BCUT2D eigenvalue weighted by atomic mass is 9.83. The minimum absolute atomic E-state index is 0.134. The van der Waals surface area contributed by atoms with E-state index in [-0.39, 0.29) is 19.0 Å². The van der Waals surface area contributed by atoms with Crippen LogP contribution in [0.3, 0.4) is 0 Å². The van der Waals surface area contributed by atoms with Gasteiger partial charge >= 0.3 is 0 Å². The Hall–Kier alpha value is -0.0800. The number of hydrogen-bond donors (Lipinski definition) is 0. The van der Waals surface area contributed by atoms with Crippen molar-refractivity contribution in [1.29, 1.82) is 0 Å². The van der Waals surface area contributed by atoms with Crippen LogP contribution in [0.15, 0.2) is 0 Å². The van der Waals surface area contributed by atoms with Crippen molar-refractivity contribution in [3.05, 3.63) is 6.42 Å². The third kappa shape index (κ3) is 2.94. The lowest BCUT2D eigenvalue weighted by Gasteiger charge is -2.45. The van der Waals surface area contributed by atoms with Crippen molar-refractivity contribution in [1.82, 2.24) is 9.80 Å². The van der Waals surface area contributed by atoms with E-state index in [1.165, 1.54) is 0 Å². The van der Waals surface area contributed by atoms with Crippen LogP contribution < -0.4 is 0 Å². The molecule has 1 unspecified atom stereocenters. The molecule has 0 aliphatic carbocycles. The highest BCUT2D eigenvalue weighted by Crippen LogP contribution is 2.30. The number of rotatable bonds is 1. The van der Waals surface area contributed by atoms with E-state index >= 15 is 0 Å². The number of nitrogens with zero attached hydrogens (tertiary/aromatic N) is 2. The van der Waals surface area contributed by atoms with Crippen LogP contribution in [-0.2, 0) is 0 Å². The molecule has 1 atom stereocenters. The average Bonchev–Trinajstić information content (AvgIpc) is 2.36. The summed E-state index contributed by atoms with van der Waals surface area (Å²) < 4.78 is 46.7. The molecule has 2 rings (SSSR count). The lowest BCUT2D eigenvalue weighted by molar-refractivity contribution is 0.0632. The molecule has 0 aromatic rings. The zero-order valence-corrected chi connectivity index (χ0v) is 9.50. The summed E-state index contributed by atoms with van der Waals surface area (Å²) >= 11 is 0. The molecule has 0 N–H and O–H groups in total. The molecule has 2 fully saturated rings. The van der Waals surface area contributed by atoms with E-state index in [0.29, 0.717) is 6.54 Å². The van der Waals surface area contributed by atoms with Crippen molar-refractivity contribution in [2.75, 3.05) is 33.2 Å². The van der Waals surface area contributed by atoms with Gasteiger partial charge in [-0.05, 0) is 44.7 Å². The molecule has 1 radical (unpaired) electrons. The lowest BCUT2D eigenvalue weighted by Crippen LogP contribution is -2.52. The fourth-order valence-corrected chi connectivity index (χ4v) is 2.67. The first-order valence-corrected chi connectivity index (χ1v) is 5.81. The maximum Gasteiger partial charge on any atom is 0.0236 e. The molecule has 2 saturated heterocycles. The van der Waals surface area contributed by atoms with Crippen LogP contribution >= 0.6 is 0 Å². The minimum atomic E-state index is -2.48. The van der Waals surface area contributed by atoms with Gasteiger partial charge in [-0.25, -0.2) is 0 Å². The fraction of sp³-hybridized carbons (Fsp3) is 0.923. The third-order valence-electron chi connectivity index (χ3n) is 3.45. The zero-order chi connectivity index (χ0) is 15.9. The Balaban J connectivity index is 2.21. The van der Waals surface area contributed by atoms with Crippen LogP contribution in [-0.4, -0.2) is 49.1 Å². The van der Waals surface area contributed by atoms with Crippen LogP contribution in [0, 0.1) is 11.8 Å². The van der Waals surface area contributed by atoms with E-state index in [4.69, 9.17) is 8.22 Å². The van der Waals surface area contributed by atoms with Gasteiger partial charge in [0.25, 0.3) is 0 Å². The van der Waals surface area contributed by atoms with Gasteiger partial charge in [-0.3, -0.25) is 4.90 Å². The molecule has 2 heterocycles. The molecule has 87 valence electrons. The molecule has 0 saturated carbocycles. The van der Waals surface area contributed by atoms with E-state index in [0.717, 1.165) is 25.9 Å². The van der Waals surface area contributed by atoms with Crippen molar-refractivity contribution in [3.8, 4) is 0 Å². The van der Waals surface area contributed by atoms with Crippen molar-refractivity contribution >= 4 is 0 Å². The summed E-state index contributed by atoms with van der Waals surface area (Å²) in [6.45, 7) is -2.20. The second-order valence-corrected chi connectivity index (χ2v) is 5.06. The first-order chi connectivity index (χ1) is 9.57. The van der Waals surface area contributed by atoms with E-state index in [1.54, 1.807) is 0 Å². The van der Waals surface area contributed by atoms with Gasteiger partial charge in [0, 0.05) is 33.9 Å². The summed E-state index contributed by atoms with van der Waals surface area (Å²) in [7, 11) is 2.06. The molecule has 0 bridgehead atoms. The largest absolute Gasteiger partial charge is 0.305 e. The molecule has 15 heavy (non-hydrogen) atoms. The smallest absolute Gasteiger partial charge is 0.0236 e. The summed E-state index contributed by atoms with van der Waals surface area (Å²) in [4.78, 5) is 4.30. The van der Waals surface area contributed by atoms with Gasteiger partial charge in [-0.1, -0.05) is 13.7 Å². The predicted molar refractivity (Wildman–Crippen MR) is 64.8 cm³/mol. The van der Waals surface area contributed by atoms with Gasteiger partial charge in [0.2, 0.25) is 0 Å². The average molecular weight is 215 g/mol. The van der Waals surface area contributed by atoms with Gasteiger partial charge in [0.15, 0.2) is 0 Å². The normalized spacial score (nSPS) is 41.8. The van der Waals surface area contributed by atoms with E-state index in [2.05, 4.69) is 16.8 Å². The fourth-order valence-electron chi connectivity index (χ4n) is 2.67. The van der Waals surface area contributed by atoms with Crippen LogP contribution in [0.2, 0.25) is 0 Å². The summed E-state index contributed by atoms with van der Waals surface area (Å²) in [5, 5.41) is 0. The van der Waals surface area contributed by atoms with Gasteiger partial charge < -0.3 is 4.90 Å². The van der Waals surface area contributed by atoms with E-state index in [9.17, 15) is 0 Å². The topological polar surface area (TPSA) is 6.48 Å². The highest BCUT2D eigenvalue weighted by atomic mass is 15.2. The van der Waals surface area contributed by atoms with Crippen molar-refractivity contribution < 1.29 is 8.22 Å². The Kier molecular flexibility index (Phi) is 1.77. The Bertz CT molecular complexity index is 351. The Labute approximate surface area is 103 Å². The second kappa shape index (κ2) is 4.42. The molecule has 2 nitrogen and oxygen atoms in total. The summed E-state index contributed by atoms with van der Waals surface area (Å²) in [6.07, 6.45) is 4.07. The minimum Gasteiger partial charge on any atom is -0.305 e. The van der Waals surface area contributed by atoms with Crippen molar-refractivity contribution in [3.63, 3.8) is 0 Å². The van der Waals surface area contributed by atoms with Crippen LogP contribution in [0.1, 0.15) is 41.2 Å².